The third-order valence-electron chi connectivity index (χ3n) is 4.31. The van der Waals surface area contributed by atoms with E-state index in [1.54, 1.807) is 29.6 Å². The molecule has 0 unspecified atom stereocenters. The molecule has 166 valence electrons. The molecule has 2 heterocycles. The fourth-order valence-electron chi connectivity index (χ4n) is 2.81. The Hall–Kier alpha value is -3.54. The van der Waals surface area contributed by atoms with Gasteiger partial charge in [0.15, 0.2) is 5.13 Å². The van der Waals surface area contributed by atoms with Crippen molar-refractivity contribution in [1.29, 1.82) is 0 Å². The van der Waals surface area contributed by atoms with Gasteiger partial charge in [-0.3, -0.25) is 19.7 Å². The molecule has 2 aromatic heterocycles. The van der Waals surface area contributed by atoms with Gasteiger partial charge in [-0.25, -0.2) is 4.98 Å². The fourth-order valence-corrected chi connectivity index (χ4v) is 4.92. The summed E-state index contributed by atoms with van der Waals surface area (Å²) in [5.74, 6) is -0.241. The Morgan fingerprint density at radius 1 is 1.03 bits per heavy atom. The molecule has 11 heteroatoms. The molecule has 0 saturated heterocycles. The third-order valence-corrected chi connectivity index (χ3v) is 6.93. The number of benzene rings is 2. The van der Waals surface area contributed by atoms with E-state index in [1.807, 2.05) is 29.6 Å². The Morgan fingerprint density at radius 2 is 1.88 bits per heavy atom. The van der Waals surface area contributed by atoms with Gasteiger partial charge in [-0.2, -0.15) is 0 Å². The SMILES string of the molecule is O=C(CSc1cccc(NC(=O)c2cccs2)c1)Nc1nc(-c2cccc([N+](=O)[O-])c2)cs1. The lowest BCUT2D eigenvalue weighted by molar-refractivity contribution is -0.384. The van der Waals surface area contributed by atoms with Crippen molar-refractivity contribution in [3.05, 3.63) is 86.4 Å². The number of hydrogen-bond donors (Lipinski definition) is 2. The number of non-ortho nitro benzene ring substituents is 1. The molecule has 33 heavy (non-hydrogen) atoms. The second-order valence-electron chi connectivity index (χ2n) is 6.64. The summed E-state index contributed by atoms with van der Waals surface area (Å²) >= 11 is 3.95. The van der Waals surface area contributed by atoms with E-state index in [2.05, 4.69) is 15.6 Å². The molecule has 0 bridgehead atoms. The zero-order chi connectivity index (χ0) is 23.2. The first kappa shape index (κ1) is 22.6. The van der Waals surface area contributed by atoms with Gasteiger partial charge in [0, 0.05) is 33.7 Å². The summed E-state index contributed by atoms with van der Waals surface area (Å²) < 4.78 is 0. The minimum atomic E-state index is -0.460. The van der Waals surface area contributed by atoms with Crippen molar-refractivity contribution in [1.82, 2.24) is 4.98 Å². The van der Waals surface area contributed by atoms with Crippen molar-refractivity contribution >= 4 is 62.8 Å². The largest absolute Gasteiger partial charge is 0.321 e. The average Bonchev–Trinajstić information content (AvgIpc) is 3.51. The first-order valence-electron chi connectivity index (χ1n) is 9.56. The highest BCUT2D eigenvalue weighted by atomic mass is 32.2. The van der Waals surface area contributed by atoms with Gasteiger partial charge in [0.2, 0.25) is 5.91 Å². The zero-order valence-electron chi connectivity index (χ0n) is 16.9. The van der Waals surface area contributed by atoms with Gasteiger partial charge < -0.3 is 10.6 Å². The van der Waals surface area contributed by atoms with Crippen LogP contribution in [0.5, 0.6) is 0 Å². The van der Waals surface area contributed by atoms with Crippen molar-refractivity contribution in [2.45, 2.75) is 4.90 Å². The van der Waals surface area contributed by atoms with Crippen LogP contribution in [0, 0.1) is 10.1 Å². The molecule has 2 amide bonds. The molecule has 0 radical (unpaired) electrons. The number of thioether (sulfide) groups is 1. The second-order valence-corrected chi connectivity index (χ2v) is 9.50. The monoisotopic (exact) mass is 496 g/mol. The number of carbonyl (C=O) groups is 2. The van der Waals surface area contributed by atoms with Gasteiger partial charge in [0.25, 0.3) is 11.6 Å². The summed E-state index contributed by atoms with van der Waals surface area (Å²) in [6.07, 6.45) is 0. The first-order valence-corrected chi connectivity index (χ1v) is 12.3. The van der Waals surface area contributed by atoms with Crippen LogP contribution in [0.15, 0.2) is 76.3 Å². The smallest absolute Gasteiger partial charge is 0.270 e. The number of nitro benzene ring substituents is 1. The molecule has 4 aromatic rings. The number of aromatic nitrogens is 1. The number of nitro groups is 1. The highest BCUT2D eigenvalue weighted by Gasteiger charge is 2.12. The molecule has 0 fully saturated rings. The van der Waals surface area contributed by atoms with E-state index >= 15 is 0 Å². The number of thiophene rings is 1. The summed E-state index contributed by atoms with van der Waals surface area (Å²) in [4.78, 5) is 40.9. The van der Waals surface area contributed by atoms with E-state index in [1.165, 1.54) is 46.6 Å². The molecule has 0 aliphatic carbocycles. The summed E-state index contributed by atoms with van der Waals surface area (Å²) in [5, 5.41) is 20.6. The van der Waals surface area contributed by atoms with Crippen molar-refractivity contribution < 1.29 is 14.5 Å². The minimum absolute atomic E-state index is 0.0173. The van der Waals surface area contributed by atoms with Crippen LogP contribution in [0.1, 0.15) is 9.67 Å². The maximum Gasteiger partial charge on any atom is 0.270 e. The summed E-state index contributed by atoms with van der Waals surface area (Å²) in [5.41, 5.74) is 1.80. The Morgan fingerprint density at radius 3 is 2.67 bits per heavy atom. The van der Waals surface area contributed by atoms with Gasteiger partial charge in [-0.05, 0) is 29.6 Å². The maximum atomic E-state index is 12.4. The van der Waals surface area contributed by atoms with E-state index in [-0.39, 0.29) is 23.3 Å². The summed E-state index contributed by atoms with van der Waals surface area (Å²) in [7, 11) is 0. The number of hydrogen-bond acceptors (Lipinski definition) is 8. The number of carbonyl (C=O) groups excluding carboxylic acids is 2. The molecular formula is C22H16N4O4S3. The van der Waals surface area contributed by atoms with E-state index < -0.39 is 4.92 Å². The fraction of sp³-hybridized carbons (Fsp3) is 0.0455. The van der Waals surface area contributed by atoms with Crippen LogP contribution in [0.2, 0.25) is 0 Å². The Kier molecular flexibility index (Phi) is 7.13. The number of amides is 2. The predicted octanol–water partition coefficient (Wildman–Crippen LogP) is 5.76. The Balaban J connectivity index is 1.32. The molecule has 0 aliphatic heterocycles. The molecule has 4 rings (SSSR count). The summed E-state index contributed by atoms with van der Waals surface area (Å²) in [6, 6.07) is 17.0. The van der Waals surface area contributed by atoms with Gasteiger partial charge in [0.1, 0.15) is 0 Å². The van der Waals surface area contributed by atoms with E-state index in [9.17, 15) is 19.7 Å². The van der Waals surface area contributed by atoms with Crippen molar-refractivity contribution in [3.63, 3.8) is 0 Å². The van der Waals surface area contributed by atoms with Crippen molar-refractivity contribution in [2.75, 3.05) is 16.4 Å². The minimum Gasteiger partial charge on any atom is -0.321 e. The maximum absolute atomic E-state index is 12.4. The van der Waals surface area contributed by atoms with Gasteiger partial charge in [-0.15, -0.1) is 34.4 Å². The lowest BCUT2D eigenvalue weighted by Crippen LogP contribution is -2.14. The number of nitrogens with zero attached hydrogens (tertiary/aromatic N) is 2. The molecule has 8 nitrogen and oxygen atoms in total. The van der Waals surface area contributed by atoms with Gasteiger partial charge in [0.05, 0.1) is 21.2 Å². The van der Waals surface area contributed by atoms with E-state index in [4.69, 9.17) is 0 Å². The second kappa shape index (κ2) is 10.4. The van der Waals surface area contributed by atoms with Crippen LogP contribution >= 0.6 is 34.4 Å². The standard InChI is InChI=1S/C22H16N4O4S3/c27-20(25-22-24-18(12-33-22)14-4-1-6-16(10-14)26(29)30)13-32-17-7-2-5-15(11-17)23-21(28)19-8-3-9-31-19/h1-12H,13H2,(H,23,28)(H,24,25,27). The number of thiazole rings is 1. The number of anilines is 2. The lowest BCUT2D eigenvalue weighted by Gasteiger charge is -2.06. The van der Waals surface area contributed by atoms with E-state index in [0.717, 1.165) is 4.90 Å². The molecule has 0 aliphatic rings. The van der Waals surface area contributed by atoms with E-state index in [0.29, 0.717) is 27.0 Å². The lowest BCUT2D eigenvalue weighted by atomic mass is 10.1. The highest BCUT2D eigenvalue weighted by molar-refractivity contribution is 8.00. The summed E-state index contributed by atoms with van der Waals surface area (Å²) in [6.45, 7) is 0. The molecule has 0 saturated carbocycles. The normalized spacial score (nSPS) is 10.5. The quantitative estimate of drug-likeness (QED) is 0.182. The van der Waals surface area contributed by atoms with Crippen LogP contribution < -0.4 is 10.6 Å². The Labute approximate surface area is 200 Å². The Bertz CT molecular complexity index is 1300. The first-order chi connectivity index (χ1) is 16.0. The van der Waals surface area contributed by atoms with Crippen molar-refractivity contribution in [2.24, 2.45) is 0 Å². The number of rotatable bonds is 8. The average molecular weight is 497 g/mol. The number of nitrogens with one attached hydrogen (secondary N) is 2. The molecule has 0 atom stereocenters. The van der Waals surface area contributed by atoms with Crippen LogP contribution in [0.3, 0.4) is 0 Å². The third kappa shape index (κ3) is 6.04. The zero-order valence-corrected chi connectivity index (χ0v) is 19.3. The highest BCUT2D eigenvalue weighted by Crippen LogP contribution is 2.28. The predicted molar refractivity (Wildman–Crippen MR) is 132 cm³/mol. The van der Waals surface area contributed by atoms with Gasteiger partial charge in [-0.1, -0.05) is 24.3 Å². The van der Waals surface area contributed by atoms with Crippen molar-refractivity contribution in [3.8, 4) is 11.3 Å². The van der Waals surface area contributed by atoms with Crippen LogP contribution in [0.4, 0.5) is 16.5 Å². The van der Waals surface area contributed by atoms with Gasteiger partial charge >= 0.3 is 0 Å². The molecular weight excluding hydrogens is 480 g/mol. The van der Waals surface area contributed by atoms with Crippen LogP contribution in [-0.2, 0) is 4.79 Å². The molecule has 2 N–H and O–H groups in total. The van der Waals surface area contributed by atoms with Crippen LogP contribution in [-0.4, -0.2) is 27.5 Å². The van der Waals surface area contributed by atoms with Crippen LogP contribution in [0.25, 0.3) is 11.3 Å². The molecule has 2 aromatic carbocycles. The molecule has 0 spiro atoms. The topological polar surface area (TPSA) is 114 Å².